The van der Waals surface area contributed by atoms with Gasteiger partial charge in [0, 0.05) is 30.3 Å². The fraction of sp³-hybridized carbons (Fsp3) is 0.300. The van der Waals surface area contributed by atoms with Gasteiger partial charge in [-0.15, -0.1) is 0 Å². The number of halogens is 1. The number of likely N-dealkylation sites (tertiary alicyclic amines) is 1. The monoisotopic (exact) mass is 371 g/mol. The van der Waals surface area contributed by atoms with Crippen molar-refractivity contribution in [1.82, 2.24) is 10.2 Å². The first-order valence-corrected chi connectivity index (χ1v) is 9.13. The van der Waals surface area contributed by atoms with Crippen LogP contribution in [0.5, 0.6) is 0 Å². The van der Waals surface area contributed by atoms with E-state index in [1.807, 2.05) is 48.5 Å². The Kier molecular flexibility index (Phi) is 6.12. The average Bonchev–Trinajstić information content (AvgIpc) is 2.67. The van der Waals surface area contributed by atoms with Gasteiger partial charge in [-0.05, 0) is 42.7 Å². The molecule has 2 aromatic rings. The van der Waals surface area contributed by atoms with Crippen LogP contribution in [-0.4, -0.2) is 29.9 Å². The zero-order valence-electron chi connectivity index (χ0n) is 14.5. The highest BCUT2D eigenvalue weighted by molar-refractivity contribution is 6.30. The van der Waals surface area contributed by atoms with Crippen molar-refractivity contribution in [2.75, 3.05) is 18.4 Å². The summed E-state index contributed by atoms with van der Waals surface area (Å²) in [5.74, 6) is -0.216. The van der Waals surface area contributed by atoms with Crippen molar-refractivity contribution in [2.45, 2.75) is 19.4 Å². The van der Waals surface area contributed by atoms with Gasteiger partial charge < -0.3 is 15.5 Å². The largest absolute Gasteiger partial charge is 0.352 e. The molecular weight excluding hydrogens is 350 g/mol. The predicted molar refractivity (Wildman–Crippen MR) is 103 cm³/mol. The van der Waals surface area contributed by atoms with E-state index in [2.05, 4.69) is 10.6 Å². The van der Waals surface area contributed by atoms with E-state index in [4.69, 9.17) is 11.6 Å². The number of amides is 3. The number of urea groups is 1. The smallest absolute Gasteiger partial charge is 0.321 e. The first-order chi connectivity index (χ1) is 12.6. The highest BCUT2D eigenvalue weighted by Gasteiger charge is 2.28. The molecule has 6 heteroatoms. The van der Waals surface area contributed by atoms with E-state index < -0.39 is 0 Å². The van der Waals surface area contributed by atoms with E-state index in [1.165, 1.54) is 0 Å². The van der Waals surface area contributed by atoms with Crippen LogP contribution in [0, 0.1) is 5.92 Å². The lowest BCUT2D eigenvalue weighted by Crippen LogP contribution is -2.46. The van der Waals surface area contributed by atoms with Crippen LogP contribution in [0.3, 0.4) is 0 Å². The topological polar surface area (TPSA) is 61.4 Å². The molecule has 0 spiro atoms. The lowest BCUT2D eigenvalue weighted by Gasteiger charge is -2.32. The average molecular weight is 372 g/mol. The molecule has 0 aromatic heterocycles. The maximum atomic E-state index is 12.5. The minimum atomic E-state index is -0.190. The van der Waals surface area contributed by atoms with Crippen LogP contribution < -0.4 is 10.6 Å². The fourth-order valence-corrected chi connectivity index (χ4v) is 3.29. The van der Waals surface area contributed by atoms with E-state index >= 15 is 0 Å². The van der Waals surface area contributed by atoms with Crippen LogP contribution in [0.15, 0.2) is 54.6 Å². The molecule has 1 aliphatic rings. The first kappa shape index (κ1) is 18.3. The number of benzene rings is 2. The highest BCUT2D eigenvalue weighted by Crippen LogP contribution is 2.18. The fourth-order valence-electron chi connectivity index (χ4n) is 3.08. The predicted octanol–water partition coefficient (Wildman–Crippen LogP) is 3.90. The van der Waals surface area contributed by atoms with Crippen molar-refractivity contribution >= 4 is 29.2 Å². The van der Waals surface area contributed by atoms with Crippen molar-refractivity contribution in [3.05, 3.63) is 65.2 Å². The number of para-hydroxylation sites is 1. The van der Waals surface area contributed by atoms with Gasteiger partial charge in [0.25, 0.3) is 0 Å². The summed E-state index contributed by atoms with van der Waals surface area (Å²) in [6.07, 6.45) is 1.61. The lowest BCUT2D eigenvalue weighted by atomic mass is 9.97. The van der Waals surface area contributed by atoms with Gasteiger partial charge in [-0.2, -0.15) is 0 Å². The van der Waals surface area contributed by atoms with Gasteiger partial charge in [0.1, 0.15) is 0 Å². The Balaban J connectivity index is 1.52. The number of carbonyl (C=O) groups excluding carboxylic acids is 2. The number of hydrogen-bond donors (Lipinski definition) is 2. The number of piperidine rings is 1. The number of rotatable bonds is 4. The van der Waals surface area contributed by atoms with Gasteiger partial charge in [0.2, 0.25) is 5.91 Å². The van der Waals surface area contributed by atoms with E-state index in [0.717, 1.165) is 24.1 Å². The Hall–Kier alpha value is -2.53. The summed E-state index contributed by atoms with van der Waals surface area (Å²) in [5.41, 5.74) is 1.71. The Morgan fingerprint density at radius 3 is 2.69 bits per heavy atom. The minimum Gasteiger partial charge on any atom is -0.352 e. The Morgan fingerprint density at radius 2 is 1.92 bits per heavy atom. The molecule has 1 heterocycles. The zero-order valence-corrected chi connectivity index (χ0v) is 15.2. The van der Waals surface area contributed by atoms with Crippen molar-refractivity contribution in [3.63, 3.8) is 0 Å². The van der Waals surface area contributed by atoms with Crippen molar-refractivity contribution in [3.8, 4) is 0 Å². The SMILES string of the molecule is O=C(NCc1cccc(Cl)c1)C1CCCN(C(=O)Nc2ccccc2)C1. The second-order valence-corrected chi connectivity index (χ2v) is 6.87. The van der Waals surface area contributed by atoms with Crippen LogP contribution in [0.4, 0.5) is 10.5 Å². The lowest BCUT2D eigenvalue weighted by molar-refractivity contribution is -0.126. The van der Waals surface area contributed by atoms with Crippen LogP contribution in [0.1, 0.15) is 18.4 Å². The van der Waals surface area contributed by atoms with Gasteiger partial charge in [-0.25, -0.2) is 4.79 Å². The van der Waals surface area contributed by atoms with E-state index in [9.17, 15) is 9.59 Å². The number of hydrogen-bond acceptors (Lipinski definition) is 2. The molecule has 0 bridgehead atoms. The number of anilines is 1. The molecule has 0 radical (unpaired) electrons. The summed E-state index contributed by atoms with van der Waals surface area (Å²) in [5, 5.41) is 6.48. The summed E-state index contributed by atoms with van der Waals surface area (Å²) < 4.78 is 0. The quantitative estimate of drug-likeness (QED) is 0.856. The van der Waals surface area contributed by atoms with Crippen LogP contribution in [-0.2, 0) is 11.3 Å². The summed E-state index contributed by atoms with van der Waals surface area (Å²) in [4.78, 5) is 26.6. The maximum absolute atomic E-state index is 12.5. The minimum absolute atomic E-state index is 0.0258. The molecule has 2 N–H and O–H groups in total. The molecule has 1 saturated heterocycles. The Bertz CT molecular complexity index is 767. The maximum Gasteiger partial charge on any atom is 0.321 e. The van der Waals surface area contributed by atoms with Crippen molar-refractivity contribution in [2.24, 2.45) is 5.92 Å². The van der Waals surface area contributed by atoms with Crippen molar-refractivity contribution in [1.29, 1.82) is 0 Å². The number of nitrogens with one attached hydrogen (secondary N) is 2. The number of nitrogens with zero attached hydrogens (tertiary/aromatic N) is 1. The van der Waals surface area contributed by atoms with Gasteiger partial charge in [0.05, 0.1) is 5.92 Å². The molecule has 1 unspecified atom stereocenters. The van der Waals surface area contributed by atoms with Gasteiger partial charge in [0.15, 0.2) is 0 Å². The molecule has 1 aliphatic heterocycles. The van der Waals surface area contributed by atoms with E-state index in [-0.39, 0.29) is 17.9 Å². The highest BCUT2D eigenvalue weighted by atomic mass is 35.5. The van der Waals surface area contributed by atoms with Crippen LogP contribution in [0.25, 0.3) is 0 Å². The molecule has 1 fully saturated rings. The van der Waals surface area contributed by atoms with Crippen LogP contribution >= 0.6 is 11.6 Å². The third-order valence-electron chi connectivity index (χ3n) is 4.46. The molecule has 136 valence electrons. The van der Waals surface area contributed by atoms with E-state index in [0.29, 0.717) is 24.7 Å². The third-order valence-corrected chi connectivity index (χ3v) is 4.70. The molecule has 26 heavy (non-hydrogen) atoms. The molecular formula is C20H22ClN3O2. The standard InChI is InChI=1S/C20H22ClN3O2/c21-17-8-4-6-15(12-17)13-22-19(25)16-7-5-11-24(14-16)20(26)23-18-9-2-1-3-10-18/h1-4,6,8-10,12,16H,5,7,11,13-14H2,(H,22,25)(H,23,26). The number of carbonyl (C=O) groups is 2. The molecule has 0 aliphatic carbocycles. The third kappa shape index (κ3) is 4.99. The van der Waals surface area contributed by atoms with E-state index in [1.54, 1.807) is 11.0 Å². The summed E-state index contributed by atoms with van der Waals surface area (Å²) in [6, 6.07) is 16.6. The Labute approximate surface area is 158 Å². The summed E-state index contributed by atoms with van der Waals surface area (Å²) >= 11 is 5.97. The Morgan fingerprint density at radius 1 is 1.12 bits per heavy atom. The van der Waals surface area contributed by atoms with Gasteiger partial charge >= 0.3 is 6.03 Å². The zero-order chi connectivity index (χ0) is 18.4. The molecule has 2 aromatic carbocycles. The molecule has 0 saturated carbocycles. The van der Waals surface area contributed by atoms with Gasteiger partial charge in [-0.1, -0.05) is 41.9 Å². The first-order valence-electron chi connectivity index (χ1n) is 8.75. The normalized spacial score (nSPS) is 16.8. The summed E-state index contributed by atoms with van der Waals surface area (Å²) in [7, 11) is 0. The second kappa shape index (κ2) is 8.72. The molecule has 3 amide bonds. The molecule has 3 rings (SSSR count). The van der Waals surface area contributed by atoms with Crippen molar-refractivity contribution < 1.29 is 9.59 Å². The van der Waals surface area contributed by atoms with Gasteiger partial charge in [-0.3, -0.25) is 4.79 Å². The molecule has 5 nitrogen and oxygen atoms in total. The summed E-state index contributed by atoms with van der Waals surface area (Å²) in [6.45, 7) is 1.53. The molecule has 1 atom stereocenters. The van der Waals surface area contributed by atoms with Crippen LogP contribution in [0.2, 0.25) is 5.02 Å². The second-order valence-electron chi connectivity index (χ2n) is 6.43.